The number of morpholine rings is 1. The van der Waals surface area contributed by atoms with Gasteiger partial charge in [0.05, 0.1) is 31.5 Å². The lowest BCUT2D eigenvalue weighted by Gasteiger charge is -2.29. The van der Waals surface area contributed by atoms with E-state index in [4.69, 9.17) is 19.4 Å². The summed E-state index contributed by atoms with van der Waals surface area (Å²) in [4.78, 5) is 27.3. The van der Waals surface area contributed by atoms with E-state index in [0.29, 0.717) is 18.9 Å². The highest BCUT2D eigenvalue weighted by Gasteiger charge is 2.18. The van der Waals surface area contributed by atoms with E-state index in [1.807, 2.05) is 48.5 Å². The molecule has 3 aromatic carbocycles. The van der Waals surface area contributed by atoms with E-state index in [9.17, 15) is 9.18 Å². The predicted octanol–water partition coefficient (Wildman–Crippen LogP) is 5.00. The smallest absolute Gasteiger partial charge is 0.226 e. The van der Waals surface area contributed by atoms with Crippen molar-refractivity contribution in [3.8, 4) is 17.1 Å². The lowest BCUT2D eigenvalue weighted by atomic mass is 10.1. The number of ether oxygens (including phenoxy) is 2. The zero-order valence-corrected chi connectivity index (χ0v) is 22.7. The zero-order chi connectivity index (χ0) is 27.7. The van der Waals surface area contributed by atoms with Crippen molar-refractivity contribution in [3.63, 3.8) is 0 Å². The molecule has 0 aliphatic carbocycles. The molecule has 1 N–H and O–H groups in total. The first-order valence-corrected chi connectivity index (χ1v) is 13.6. The van der Waals surface area contributed by atoms with Gasteiger partial charge in [-0.15, -0.1) is 0 Å². The van der Waals surface area contributed by atoms with Gasteiger partial charge in [-0.3, -0.25) is 9.69 Å². The standard InChI is InChI=1S/C31H34FN5O3/c1-39-24-13-11-23(12-14-24)30-34-27-9-4-2-7-25(27)31(35-30)37(17-6-16-36-19-21-40-22-20-36)18-15-29(38)33-28-10-5-3-8-26(28)32/h2-5,7-14H,6,15-22H2,1H3,(H,33,38). The number of methoxy groups -OCH3 is 1. The summed E-state index contributed by atoms with van der Waals surface area (Å²) in [7, 11) is 1.64. The summed E-state index contributed by atoms with van der Waals surface area (Å²) in [6, 6.07) is 21.8. The second-order valence-corrected chi connectivity index (χ2v) is 9.69. The maximum atomic E-state index is 14.1. The fraction of sp³-hybridized carbons (Fsp3) is 0.323. The second-order valence-electron chi connectivity index (χ2n) is 9.69. The molecule has 1 amide bonds. The van der Waals surface area contributed by atoms with E-state index < -0.39 is 5.82 Å². The fourth-order valence-electron chi connectivity index (χ4n) is 4.82. The topological polar surface area (TPSA) is 79.8 Å². The highest BCUT2D eigenvalue weighted by molar-refractivity contribution is 5.93. The summed E-state index contributed by atoms with van der Waals surface area (Å²) in [5.41, 5.74) is 1.88. The largest absolute Gasteiger partial charge is 0.497 e. The molecule has 40 heavy (non-hydrogen) atoms. The Morgan fingerprint density at radius 1 is 1.00 bits per heavy atom. The van der Waals surface area contributed by atoms with Crippen LogP contribution in [0.25, 0.3) is 22.3 Å². The van der Waals surface area contributed by atoms with Gasteiger partial charge in [0.25, 0.3) is 0 Å². The van der Waals surface area contributed by atoms with Crippen LogP contribution in [-0.2, 0) is 9.53 Å². The minimum Gasteiger partial charge on any atom is -0.497 e. The first kappa shape index (κ1) is 27.5. The number of fused-ring (bicyclic) bond motifs is 1. The molecule has 0 radical (unpaired) electrons. The Kier molecular flexibility index (Phi) is 9.15. The molecule has 1 aliphatic heterocycles. The summed E-state index contributed by atoms with van der Waals surface area (Å²) < 4.78 is 24.9. The van der Waals surface area contributed by atoms with Gasteiger partial charge in [0.2, 0.25) is 5.91 Å². The van der Waals surface area contributed by atoms with Gasteiger partial charge in [0, 0.05) is 50.1 Å². The summed E-state index contributed by atoms with van der Waals surface area (Å²) >= 11 is 0. The van der Waals surface area contributed by atoms with E-state index in [-0.39, 0.29) is 18.0 Å². The number of hydrogen-bond acceptors (Lipinski definition) is 7. The molecule has 0 atom stereocenters. The number of nitrogens with one attached hydrogen (secondary N) is 1. The second kappa shape index (κ2) is 13.3. The number of carbonyl (C=O) groups is 1. The highest BCUT2D eigenvalue weighted by atomic mass is 19.1. The lowest BCUT2D eigenvalue weighted by Crippen LogP contribution is -2.38. The van der Waals surface area contributed by atoms with Crippen molar-refractivity contribution in [2.45, 2.75) is 12.8 Å². The van der Waals surface area contributed by atoms with Crippen LogP contribution < -0.4 is 15.0 Å². The van der Waals surface area contributed by atoms with Gasteiger partial charge in [-0.2, -0.15) is 0 Å². The van der Waals surface area contributed by atoms with E-state index in [1.165, 1.54) is 6.07 Å². The van der Waals surface area contributed by atoms with E-state index in [2.05, 4.69) is 15.1 Å². The molecule has 2 heterocycles. The molecule has 1 aliphatic rings. The number of para-hydroxylation sites is 2. The number of rotatable bonds is 11. The normalized spacial score (nSPS) is 13.8. The molecule has 0 spiro atoms. The van der Waals surface area contributed by atoms with Crippen molar-refractivity contribution in [1.82, 2.24) is 14.9 Å². The molecule has 1 fully saturated rings. The Morgan fingerprint density at radius 3 is 2.52 bits per heavy atom. The van der Waals surface area contributed by atoms with Gasteiger partial charge in [0.15, 0.2) is 5.82 Å². The highest BCUT2D eigenvalue weighted by Crippen LogP contribution is 2.29. The van der Waals surface area contributed by atoms with Crippen molar-refractivity contribution in [2.24, 2.45) is 0 Å². The van der Waals surface area contributed by atoms with Crippen LogP contribution in [0.15, 0.2) is 72.8 Å². The molecule has 5 rings (SSSR count). The quantitative estimate of drug-likeness (QED) is 0.285. The van der Waals surface area contributed by atoms with Gasteiger partial charge < -0.3 is 19.7 Å². The van der Waals surface area contributed by atoms with Crippen LogP contribution in [0.2, 0.25) is 0 Å². The summed E-state index contributed by atoms with van der Waals surface area (Å²) in [6.45, 7) is 5.39. The Bertz CT molecular complexity index is 1430. The Morgan fingerprint density at radius 2 is 1.75 bits per heavy atom. The molecule has 1 saturated heterocycles. The van der Waals surface area contributed by atoms with Crippen LogP contribution in [-0.4, -0.2) is 73.8 Å². The van der Waals surface area contributed by atoms with Crippen LogP contribution in [0, 0.1) is 5.82 Å². The van der Waals surface area contributed by atoms with E-state index in [1.54, 1.807) is 25.3 Å². The van der Waals surface area contributed by atoms with Gasteiger partial charge in [-0.1, -0.05) is 24.3 Å². The van der Waals surface area contributed by atoms with Crippen molar-refractivity contribution in [1.29, 1.82) is 0 Å². The van der Waals surface area contributed by atoms with Gasteiger partial charge >= 0.3 is 0 Å². The van der Waals surface area contributed by atoms with Gasteiger partial charge in [-0.25, -0.2) is 14.4 Å². The van der Waals surface area contributed by atoms with Crippen LogP contribution >= 0.6 is 0 Å². The lowest BCUT2D eigenvalue weighted by molar-refractivity contribution is -0.116. The number of carbonyl (C=O) groups excluding carboxylic acids is 1. The molecule has 0 bridgehead atoms. The van der Waals surface area contributed by atoms with Crippen LogP contribution in [0.1, 0.15) is 12.8 Å². The fourth-order valence-corrected chi connectivity index (χ4v) is 4.82. The molecule has 0 saturated carbocycles. The van der Waals surface area contributed by atoms with E-state index >= 15 is 0 Å². The SMILES string of the molecule is COc1ccc(-c2nc(N(CCCN3CCOCC3)CCC(=O)Nc3ccccc3F)c3ccccc3n2)cc1. The van der Waals surface area contributed by atoms with Gasteiger partial charge in [0.1, 0.15) is 17.4 Å². The third kappa shape index (κ3) is 6.91. The van der Waals surface area contributed by atoms with Crippen LogP contribution in [0.5, 0.6) is 5.75 Å². The summed E-state index contributed by atoms with van der Waals surface area (Å²) in [5, 5.41) is 3.62. The molecule has 4 aromatic rings. The maximum Gasteiger partial charge on any atom is 0.226 e. The number of aromatic nitrogens is 2. The third-order valence-corrected chi connectivity index (χ3v) is 6.99. The number of anilines is 2. The first-order chi connectivity index (χ1) is 19.6. The van der Waals surface area contributed by atoms with Gasteiger partial charge in [-0.05, 0) is 55.0 Å². The average molecular weight is 544 g/mol. The Balaban J connectivity index is 1.41. The van der Waals surface area contributed by atoms with Crippen LogP contribution in [0.4, 0.5) is 15.9 Å². The van der Waals surface area contributed by atoms with E-state index in [0.717, 1.165) is 67.3 Å². The first-order valence-electron chi connectivity index (χ1n) is 13.6. The molecule has 1 aromatic heterocycles. The summed E-state index contributed by atoms with van der Waals surface area (Å²) in [5.74, 6) is 1.43. The molecule has 8 nitrogen and oxygen atoms in total. The number of nitrogens with zero attached hydrogens (tertiary/aromatic N) is 4. The number of hydrogen-bond donors (Lipinski definition) is 1. The minimum absolute atomic E-state index is 0.181. The van der Waals surface area contributed by atoms with Crippen molar-refractivity contribution >= 4 is 28.3 Å². The number of benzene rings is 3. The number of amides is 1. The maximum absolute atomic E-state index is 14.1. The molecular weight excluding hydrogens is 509 g/mol. The average Bonchev–Trinajstić information content (AvgIpc) is 3.00. The minimum atomic E-state index is -0.454. The van der Waals surface area contributed by atoms with Crippen molar-refractivity contribution in [2.75, 3.05) is 63.3 Å². The predicted molar refractivity (Wildman–Crippen MR) is 155 cm³/mol. The Hall–Kier alpha value is -4.08. The molecule has 0 unspecified atom stereocenters. The molecule has 208 valence electrons. The Labute approximate surface area is 233 Å². The zero-order valence-electron chi connectivity index (χ0n) is 22.7. The number of halogens is 1. The van der Waals surface area contributed by atoms with Crippen molar-refractivity contribution in [3.05, 3.63) is 78.6 Å². The van der Waals surface area contributed by atoms with Crippen molar-refractivity contribution < 1.29 is 18.7 Å². The monoisotopic (exact) mass is 543 g/mol. The third-order valence-electron chi connectivity index (χ3n) is 6.99. The van der Waals surface area contributed by atoms with Crippen LogP contribution in [0.3, 0.4) is 0 Å². The summed E-state index contributed by atoms with van der Waals surface area (Å²) in [6.07, 6.45) is 1.08. The molecule has 9 heteroatoms. The molecular formula is C31H34FN5O3.